The first kappa shape index (κ1) is 7.56. The molecule has 0 aliphatic heterocycles. The molecule has 4 heteroatoms. The van der Waals surface area contributed by atoms with E-state index in [0.717, 1.165) is 10.9 Å². The van der Waals surface area contributed by atoms with E-state index in [1.807, 2.05) is 0 Å². The number of aromatic amines is 1. The number of aromatic hydroxyl groups is 1. The number of hydrogen-bond acceptors (Lipinski definition) is 2. The summed E-state index contributed by atoms with van der Waals surface area (Å²) in [5.74, 6) is 0.275. The third-order valence-corrected chi connectivity index (χ3v) is 1.46. The van der Waals surface area contributed by atoms with Gasteiger partial charge in [0.2, 0.25) is 0 Å². The third-order valence-electron chi connectivity index (χ3n) is 1.46. The number of pyridine rings is 1. The summed E-state index contributed by atoms with van der Waals surface area (Å²) < 4.78 is 0. The van der Waals surface area contributed by atoms with Gasteiger partial charge in [-0.25, -0.2) is 0 Å². The molecule has 0 saturated carbocycles. The number of aromatic nitrogens is 2. The van der Waals surface area contributed by atoms with Crippen molar-refractivity contribution >= 4 is 10.9 Å². The molecule has 11 heavy (non-hydrogen) atoms. The van der Waals surface area contributed by atoms with Crippen LogP contribution in [0, 0.1) is 0 Å². The molecular formula is C7H8N2O2. The zero-order valence-corrected chi connectivity index (χ0v) is 5.70. The highest BCUT2D eigenvalue weighted by Crippen LogP contribution is 2.21. The van der Waals surface area contributed by atoms with Gasteiger partial charge in [-0.3, -0.25) is 4.98 Å². The molecule has 2 rings (SSSR count). The minimum absolute atomic E-state index is 0. The summed E-state index contributed by atoms with van der Waals surface area (Å²) in [6, 6.07) is 1.77. The van der Waals surface area contributed by atoms with Crippen molar-refractivity contribution in [2.75, 3.05) is 0 Å². The summed E-state index contributed by atoms with van der Waals surface area (Å²) in [5.41, 5.74) is 0.861. The lowest BCUT2D eigenvalue weighted by Gasteiger charge is -1.85. The summed E-state index contributed by atoms with van der Waals surface area (Å²) in [6.45, 7) is 0. The van der Waals surface area contributed by atoms with Crippen LogP contribution < -0.4 is 0 Å². The Morgan fingerprint density at radius 3 is 3.00 bits per heavy atom. The predicted octanol–water partition coefficient (Wildman–Crippen LogP) is 0.444. The molecule has 58 valence electrons. The highest BCUT2D eigenvalue weighted by molar-refractivity contribution is 5.84. The van der Waals surface area contributed by atoms with Crippen LogP contribution in [0.15, 0.2) is 24.7 Å². The van der Waals surface area contributed by atoms with Crippen molar-refractivity contribution in [1.82, 2.24) is 9.97 Å². The van der Waals surface area contributed by atoms with E-state index in [-0.39, 0.29) is 11.2 Å². The fraction of sp³-hybridized carbons (Fsp3) is 0. The van der Waals surface area contributed by atoms with Gasteiger partial charge in [0.15, 0.2) is 0 Å². The molecule has 2 aromatic rings. The van der Waals surface area contributed by atoms with Gasteiger partial charge >= 0.3 is 0 Å². The molecule has 0 amide bonds. The average molecular weight is 152 g/mol. The molecule has 0 fully saturated rings. The van der Waals surface area contributed by atoms with Crippen LogP contribution >= 0.6 is 0 Å². The van der Waals surface area contributed by atoms with Gasteiger partial charge in [0.1, 0.15) is 5.75 Å². The van der Waals surface area contributed by atoms with E-state index in [9.17, 15) is 0 Å². The van der Waals surface area contributed by atoms with Gasteiger partial charge in [0, 0.05) is 17.8 Å². The Morgan fingerprint density at radius 1 is 1.45 bits per heavy atom. The van der Waals surface area contributed by atoms with E-state index in [2.05, 4.69) is 9.97 Å². The molecule has 2 heterocycles. The van der Waals surface area contributed by atoms with Crippen molar-refractivity contribution in [1.29, 1.82) is 0 Å². The quantitative estimate of drug-likeness (QED) is 0.574. The first-order valence-corrected chi connectivity index (χ1v) is 2.98. The van der Waals surface area contributed by atoms with Crippen LogP contribution in [-0.2, 0) is 0 Å². The lowest BCUT2D eigenvalue weighted by molar-refractivity contribution is 0.481. The van der Waals surface area contributed by atoms with Crippen LogP contribution in [0.2, 0.25) is 0 Å². The van der Waals surface area contributed by atoms with Crippen LogP contribution in [0.25, 0.3) is 10.9 Å². The normalized spacial score (nSPS) is 9.45. The van der Waals surface area contributed by atoms with Gasteiger partial charge in [0.25, 0.3) is 0 Å². The molecule has 0 atom stereocenters. The molecule has 0 bridgehead atoms. The number of fused-ring (bicyclic) bond motifs is 1. The van der Waals surface area contributed by atoms with E-state index >= 15 is 0 Å². The van der Waals surface area contributed by atoms with Crippen molar-refractivity contribution in [3.8, 4) is 5.75 Å². The van der Waals surface area contributed by atoms with E-state index in [0.29, 0.717) is 0 Å². The van der Waals surface area contributed by atoms with Crippen molar-refractivity contribution in [2.24, 2.45) is 0 Å². The van der Waals surface area contributed by atoms with E-state index in [1.165, 1.54) is 0 Å². The number of nitrogens with zero attached hydrogens (tertiary/aromatic N) is 1. The summed E-state index contributed by atoms with van der Waals surface area (Å²) in [7, 11) is 0. The minimum Gasteiger partial charge on any atom is -0.506 e. The Kier molecular flexibility index (Phi) is 1.78. The maximum Gasteiger partial charge on any atom is 0.140 e. The second kappa shape index (κ2) is 2.59. The number of hydrogen-bond donors (Lipinski definition) is 2. The van der Waals surface area contributed by atoms with Crippen LogP contribution in [0.5, 0.6) is 5.75 Å². The largest absolute Gasteiger partial charge is 0.506 e. The predicted molar refractivity (Wildman–Crippen MR) is 41.4 cm³/mol. The van der Waals surface area contributed by atoms with E-state index in [1.54, 1.807) is 24.7 Å². The highest BCUT2D eigenvalue weighted by Gasteiger charge is 1.97. The second-order valence-electron chi connectivity index (χ2n) is 2.10. The van der Waals surface area contributed by atoms with Crippen LogP contribution in [0.1, 0.15) is 0 Å². The average Bonchev–Trinajstić information content (AvgIpc) is 2.34. The van der Waals surface area contributed by atoms with Gasteiger partial charge in [-0.05, 0) is 6.07 Å². The van der Waals surface area contributed by atoms with Crippen LogP contribution in [0.4, 0.5) is 0 Å². The molecule has 0 aromatic carbocycles. The summed E-state index contributed by atoms with van der Waals surface area (Å²) in [4.78, 5) is 6.76. The van der Waals surface area contributed by atoms with Gasteiger partial charge in [-0.15, -0.1) is 0 Å². The Morgan fingerprint density at radius 2 is 2.27 bits per heavy atom. The van der Waals surface area contributed by atoms with Crippen molar-refractivity contribution in [3.05, 3.63) is 24.7 Å². The van der Waals surface area contributed by atoms with Gasteiger partial charge in [0.05, 0.1) is 11.7 Å². The first-order valence-electron chi connectivity index (χ1n) is 2.98. The SMILES string of the molecule is O.Oc1c[nH]c2cnccc12. The van der Waals surface area contributed by atoms with Crippen LogP contribution in [-0.4, -0.2) is 20.6 Å². The molecule has 4 N–H and O–H groups in total. The molecule has 0 unspecified atom stereocenters. The molecule has 4 nitrogen and oxygen atoms in total. The molecular weight excluding hydrogens is 144 g/mol. The highest BCUT2D eigenvalue weighted by atomic mass is 16.3. The lowest BCUT2D eigenvalue weighted by Crippen LogP contribution is -1.68. The standard InChI is InChI=1S/C7H6N2O.H2O/c10-7-4-9-6-3-8-2-1-5(6)7;/h1-4,9-10H;1H2. The third kappa shape index (κ3) is 1.03. The Hall–Kier alpha value is -1.55. The van der Waals surface area contributed by atoms with Gasteiger partial charge in [-0.2, -0.15) is 0 Å². The molecule has 0 radical (unpaired) electrons. The van der Waals surface area contributed by atoms with Crippen molar-refractivity contribution in [2.45, 2.75) is 0 Å². The molecule has 0 aliphatic rings. The van der Waals surface area contributed by atoms with Gasteiger partial charge < -0.3 is 15.6 Å². The number of H-pyrrole nitrogens is 1. The van der Waals surface area contributed by atoms with E-state index < -0.39 is 0 Å². The molecule has 2 aromatic heterocycles. The molecule has 0 saturated heterocycles. The topological polar surface area (TPSA) is 80.4 Å². The monoisotopic (exact) mass is 152 g/mol. The molecule has 0 aliphatic carbocycles. The number of nitrogens with one attached hydrogen (secondary N) is 1. The second-order valence-corrected chi connectivity index (χ2v) is 2.10. The Labute approximate surface area is 62.8 Å². The first-order chi connectivity index (χ1) is 4.88. The fourth-order valence-electron chi connectivity index (χ4n) is 0.957. The molecule has 0 spiro atoms. The van der Waals surface area contributed by atoms with Crippen LogP contribution in [0.3, 0.4) is 0 Å². The number of rotatable bonds is 0. The minimum atomic E-state index is 0. The maximum atomic E-state index is 9.15. The Balaban J connectivity index is 0.000000605. The van der Waals surface area contributed by atoms with Crippen molar-refractivity contribution in [3.63, 3.8) is 0 Å². The Bertz CT molecular complexity index is 356. The lowest BCUT2D eigenvalue weighted by atomic mass is 10.3. The maximum absolute atomic E-state index is 9.15. The smallest absolute Gasteiger partial charge is 0.140 e. The zero-order chi connectivity index (χ0) is 6.97. The van der Waals surface area contributed by atoms with Gasteiger partial charge in [-0.1, -0.05) is 0 Å². The van der Waals surface area contributed by atoms with E-state index in [4.69, 9.17) is 5.11 Å². The fourth-order valence-corrected chi connectivity index (χ4v) is 0.957. The van der Waals surface area contributed by atoms with Crippen molar-refractivity contribution < 1.29 is 10.6 Å². The zero-order valence-electron chi connectivity index (χ0n) is 5.70. The summed E-state index contributed by atoms with van der Waals surface area (Å²) >= 11 is 0. The summed E-state index contributed by atoms with van der Waals surface area (Å²) in [6.07, 6.45) is 4.87. The summed E-state index contributed by atoms with van der Waals surface area (Å²) in [5, 5.41) is 9.97.